The van der Waals surface area contributed by atoms with Crippen molar-refractivity contribution < 1.29 is 9.90 Å². The molecule has 0 saturated carbocycles. The van der Waals surface area contributed by atoms with Gasteiger partial charge in [0.1, 0.15) is 5.69 Å². The van der Waals surface area contributed by atoms with E-state index >= 15 is 0 Å². The maximum absolute atomic E-state index is 10.8. The lowest BCUT2D eigenvalue weighted by molar-refractivity contribution is 0.0690. The van der Waals surface area contributed by atoms with Gasteiger partial charge in [-0.2, -0.15) is 0 Å². The van der Waals surface area contributed by atoms with Gasteiger partial charge in [0.2, 0.25) is 0 Å². The molecule has 1 aromatic heterocycles. The Balaban J connectivity index is 2.68. The zero-order chi connectivity index (χ0) is 12.8. The van der Waals surface area contributed by atoms with Gasteiger partial charge in [0, 0.05) is 12.6 Å². The summed E-state index contributed by atoms with van der Waals surface area (Å²) >= 11 is 0. The Morgan fingerprint density at radius 1 is 1.53 bits per heavy atom. The highest BCUT2D eigenvalue weighted by atomic mass is 16.4. The summed E-state index contributed by atoms with van der Waals surface area (Å²) in [7, 11) is 2.04. The minimum absolute atomic E-state index is 0.110. The van der Waals surface area contributed by atoms with Crippen molar-refractivity contribution in [3.05, 3.63) is 29.6 Å². The Bertz CT molecular complexity index is 379. The first-order chi connectivity index (χ1) is 8.04. The second kappa shape index (κ2) is 6.35. The van der Waals surface area contributed by atoms with Crippen molar-refractivity contribution in [3.63, 3.8) is 0 Å². The van der Waals surface area contributed by atoms with Crippen LogP contribution in [0.25, 0.3) is 0 Å². The van der Waals surface area contributed by atoms with E-state index in [1.165, 1.54) is 6.07 Å². The number of aromatic nitrogens is 1. The number of carboxylic acid groups (broad SMARTS) is 1. The summed E-state index contributed by atoms with van der Waals surface area (Å²) in [6, 6.07) is 5.60. The molecular formula is C13H20N2O2. The van der Waals surface area contributed by atoms with Crippen LogP contribution in [0.2, 0.25) is 0 Å². The lowest BCUT2D eigenvalue weighted by Crippen LogP contribution is -2.28. The fourth-order valence-electron chi connectivity index (χ4n) is 1.74. The molecule has 0 aliphatic carbocycles. The normalized spacial score (nSPS) is 12.7. The predicted octanol–water partition coefficient (Wildman–Crippen LogP) is 2.40. The molecule has 0 saturated heterocycles. The van der Waals surface area contributed by atoms with E-state index in [2.05, 4.69) is 23.7 Å². The van der Waals surface area contributed by atoms with Gasteiger partial charge in [-0.05, 0) is 32.5 Å². The maximum Gasteiger partial charge on any atom is 0.354 e. The van der Waals surface area contributed by atoms with Crippen LogP contribution in [0.15, 0.2) is 18.2 Å². The van der Waals surface area contributed by atoms with Crippen LogP contribution in [0.3, 0.4) is 0 Å². The summed E-state index contributed by atoms with van der Waals surface area (Å²) in [5, 5.41) is 8.86. The van der Waals surface area contributed by atoms with Gasteiger partial charge in [-0.25, -0.2) is 9.78 Å². The molecule has 4 heteroatoms. The van der Waals surface area contributed by atoms with E-state index < -0.39 is 5.97 Å². The number of pyridine rings is 1. The second-order valence-electron chi connectivity index (χ2n) is 4.37. The van der Waals surface area contributed by atoms with Gasteiger partial charge in [-0.3, -0.25) is 4.90 Å². The van der Waals surface area contributed by atoms with Crippen LogP contribution < -0.4 is 0 Å². The lowest BCUT2D eigenvalue weighted by atomic mass is 10.1. The fourth-order valence-corrected chi connectivity index (χ4v) is 1.74. The summed E-state index contributed by atoms with van der Waals surface area (Å²) in [5.74, 6) is -0.976. The molecule has 0 bridgehead atoms. The SMILES string of the molecule is CCCC(C)N(C)Cc1cccc(C(=O)O)n1. The zero-order valence-electron chi connectivity index (χ0n) is 10.7. The Kier molecular flexibility index (Phi) is 5.10. The number of hydrogen-bond acceptors (Lipinski definition) is 3. The highest BCUT2D eigenvalue weighted by molar-refractivity contribution is 5.85. The second-order valence-corrected chi connectivity index (χ2v) is 4.37. The molecule has 0 aliphatic rings. The smallest absolute Gasteiger partial charge is 0.354 e. The molecule has 1 unspecified atom stereocenters. The number of carboxylic acids is 1. The molecule has 94 valence electrons. The van der Waals surface area contributed by atoms with Crippen LogP contribution >= 0.6 is 0 Å². The summed E-state index contributed by atoms with van der Waals surface area (Å²) in [6.45, 7) is 5.01. The van der Waals surface area contributed by atoms with Crippen molar-refractivity contribution in [2.45, 2.75) is 39.3 Å². The van der Waals surface area contributed by atoms with E-state index in [-0.39, 0.29) is 5.69 Å². The Labute approximate surface area is 102 Å². The first kappa shape index (κ1) is 13.6. The van der Waals surface area contributed by atoms with E-state index in [0.29, 0.717) is 12.6 Å². The van der Waals surface area contributed by atoms with E-state index in [1.807, 2.05) is 13.1 Å². The van der Waals surface area contributed by atoms with Gasteiger partial charge >= 0.3 is 5.97 Å². The average molecular weight is 236 g/mol. The number of nitrogens with zero attached hydrogens (tertiary/aromatic N) is 2. The van der Waals surface area contributed by atoms with Crippen molar-refractivity contribution in [2.75, 3.05) is 7.05 Å². The summed E-state index contributed by atoms with van der Waals surface area (Å²) in [4.78, 5) is 17.1. The number of aromatic carboxylic acids is 1. The van der Waals surface area contributed by atoms with Gasteiger partial charge in [-0.1, -0.05) is 19.4 Å². The topological polar surface area (TPSA) is 53.4 Å². The van der Waals surface area contributed by atoms with Crippen LogP contribution in [0, 0.1) is 0 Å². The third-order valence-corrected chi connectivity index (χ3v) is 2.90. The summed E-state index contributed by atoms with van der Waals surface area (Å²) in [5.41, 5.74) is 0.911. The molecule has 1 atom stereocenters. The molecule has 1 rings (SSSR count). The van der Waals surface area contributed by atoms with Crippen LogP contribution in [0.4, 0.5) is 0 Å². The number of hydrogen-bond donors (Lipinski definition) is 1. The Hall–Kier alpha value is -1.42. The lowest BCUT2D eigenvalue weighted by Gasteiger charge is -2.23. The monoisotopic (exact) mass is 236 g/mol. The van der Waals surface area contributed by atoms with Gasteiger partial charge in [-0.15, -0.1) is 0 Å². The molecule has 17 heavy (non-hydrogen) atoms. The maximum atomic E-state index is 10.8. The third-order valence-electron chi connectivity index (χ3n) is 2.90. The summed E-state index contributed by atoms with van der Waals surface area (Å²) < 4.78 is 0. The van der Waals surface area contributed by atoms with E-state index in [1.54, 1.807) is 6.07 Å². The molecule has 1 heterocycles. The molecule has 1 N–H and O–H groups in total. The molecule has 0 fully saturated rings. The van der Waals surface area contributed by atoms with Crippen LogP contribution in [-0.4, -0.2) is 34.0 Å². The molecular weight excluding hydrogens is 216 g/mol. The van der Waals surface area contributed by atoms with Crippen molar-refractivity contribution in [2.24, 2.45) is 0 Å². The number of carbonyl (C=O) groups is 1. The standard InChI is InChI=1S/C13H20N2O2/c1-4-6-10(2)15(3)9-11-7-5-8-12(14-11)13(16)17/h5,7-8,10H,4,6,9H2,1-3H3,(H,16,17). The van der Waals surface area contributed by atoms with E-state index in [4.69, 9.17) is 5.11 Å². The highest BCUT2D eigenvalue weighted by Gasteiger charge is 2.11. The van der Waals surface area contributed by atoms with E-state index in [9.17, 15) is 4.79 Å². The molecule has 1 aromatic rings. The van der Waals surface area contributed by atoms with Crippen LogP contribution in [0.5, 0.6) is 0 Å². The fraction of sp³-hybridized carbons (Fsp3) is 0.538. The first-order valence-corrected chi connectivity index (χ1v) is 5.94. The Morgan fingerprint density at radius 2 is 2.24 bits per heavy atom. The van der Waals surface area contributed by atoms with Crippen molar-refractivity contribution >= 4 is 5.97 Å². The number of rotatable bonds is 6. The zero-order valence-corrected chi connectivity index (χ0v) is 10.7. The molecule has 0 amide bonds. The van der Waals surface area contributed by atoms with Gasteiger partial charge in [0.15, 0.2) is 0 Å². The van der Waals surface area contributed by atoms with Gasteiger partial charge < -0.3 is 5.11 Å². The first-order valence-electron chi connectivity index (χ1n) is 5.94. The highest BCUT2D eigenvalue weighted by Crippen LogP contribution is 2.09. The average Bonchev–Trinajstić information content (AvgIpc) is 2.29. The molecule has 0 aromatic carbocycles. The van der Waals surface area contributed by atoms with Crippen molar-refractivity contribution in [3.8, 4) is 0 Å². The quantitative estimate of drug-likeness (QED) is 0.824. The minimum atomic E-state index is -0.976. The Morgan fingerprint density at radius 3 is 2.82 bits per heavy atom. The molecule has 0 spiro atoms. The molecule has 4 nitrogen and oxygen atoms in total. The van der Waals surface area contributed by atoms with Crippen LogP contribution in [-0.2, 0) is 6.54 Å². The van der Waals surface area contributed by atoms with E-state index in [0.717, 1.165) is 18.5 Å². The third kappa shape index (κ3) is 4.15. The van der Waals surface area contributed by atoms with Crippen molar-refractivity contribution in [1.82, 2.24) is 9.88 Å². The molecule has 0 radical (unpaired) electrons. The predicted molar refractivity (Wildman–Crippen MR) is 67.0 cm³/mol. The largest absolute Gasteiger partial charge is 0.477 e. The minimum Gasteiger partial charge on any atom is -0.477 e. The summed E-state index contributed by atoms with van der Waals surface area (Å²) in [6.07, 6.45) is 2.28. The van der Waals surface area contributed by atoms with Crippen molar-refractivity contribution in [1.29, 1.82) is 0 Å². The van der Waals surface area contributed by atoms with Gasteiger partial charge in [0.25, 0.3) is 0 Å². The molecule has 0 aliphatic heterocycles. The van der Waals surface area contributed by atoms with Gasteiger partial charge in [0.05, 0.1) is 5.69 Å². The van der Waals surface area contributed by atoms with Crippen LogP contribution in [0.1, 0.15) is 42.9 Å².